The largest absolute Gasteiger partial charge is 0.340 e. The number of nitrogens with one attached hydrogen (secondary N) is 2. The van der Waals surface area contributed by atoms with Crippen LogP contribution in [-0.2, 0) is 4.79 Å². The number of carbonyl (C=O) groups excluding carboxylic acids is 2. The fourth-order valence-corrected chi connectivity index (χ4v) is 2.63. The minimum absolute atomic E-state index is 0.0504. The van der Waals surface area contributed by atoms with Crippen molar-refractivity contribution in [2.45, 2.75) is 26.8 Å². The molecule has 2 amide bonds. The van der Waals surface area contributed by atoms with E-state index in [1.807, 2.05) is 0 Å². The summed E-state index contributed by atoms with van der Waals surface area (Å²) >= 11 is 5.98. The average Bonchev–Trinajstić information content (AvgIpc) is 2.58. The van der Waals surface area contributed by atoms with Gasteiger partial charge in [-0.3, -0.25) is 19.7 Å². The standard InChI is InChI=1S/C18H19ClN4O4/c1-10(2)16(18(25)21-15-6-4-5-11(3)20-15)22-17(24)13-8-7-12(23(26)27)9-14(13)19/h4-10,16H,1-3H3,(H,22,24)(H,20,21,25)/t16-/m0/s1. The Hall–Kier alpha value is -3.00. The predicted molar refractivity (Wildman–Crippen MR) is 102 cm³/mol. The first-order valence-corrected chi connectivity index (χ1v) is 8.56. The number of aryl methyl sites for hydroxylation is 1. The van der Waals surface area contributed by atoms with Gasteiger partial charge in [0.1, 0.15) is 11.9 Å². The molecule has 2 aromatic rings. The number of halogens is 1. The Morgan fingerprint density at radius 1 is 1.22 bits per heavy atom. The van der Waals surface area contributed by atoms with Gasteiger partial charge in [0.2, 0.25) is 5.91 Å². The highest BCUT2D eigenvalue weighted by Crippen LogP contribution is 2.22. The Kier molecular flexibility index (Phi) is 6.46. The normalized spacial score (nSPS) is 11.7. The Morgan fingerprint density at radius 3 is 2.48 bits per heavy atom. The molecule has 0 saturated heterocycles. The molecule has 0 aliphatic rings. The zero-order chi connectivity index (χ0) is 20.1. The monoisotopic (exact) mass is 390 g/mol. The molecule has 0 unspecified atom stereocenters. The second-order valence-electron chi connectivity index (χ2n) is 6.27. The van der Waals surface area contributed by atoms with Crippen molar-refractivity contribution in [1.82, 2.24) is 10.3 Å². The van der Waals surface area contributed by atoms with Gasteiger partial charge in [0, 0.05) is 17.8 Å². The van der Waals surface area contributed by atoms with E-state index in [4.69, 9.17) is 11.6 Å². The van der Waals surface area contributed by atoms with Gasteiger partial charge in [-0.1, -0.05) is 31.5 Å². The molecule has 1 heterocycles. The van der Waals surface area contributed by atoms with Crippen molar-refractivity contribution >= 4 is 34.9 Å². The summed E-state index contributed by atoms with van der Waals surface area (Å²) in [5.74, 6) is -0.848. The number of carbonyl (C=O) groups is 2. The number of anilines is 1. The first kappa shape index (κ1) is 20.3. The number of amides is 2. The van der Waals surface area contributed by atoms with Gasteiger partial charge in [0.25, 0.3) is 11.6 Å². The minimum Gasteiger partial charge on any atom is -0.340 e. The van der Waals surface area contributed by atoms with Crippen molar-refractivity contribution in [2.24, 2.45) is 5.92 Å². The molecule has 9 heteroatoms. The first-order chi connectivity index (χ1) is 12.7. The Balaban J connectivity index is 2.16. The summed E-state index contributed by atoms with van der Waals surface area (Å²) in [5.41, 5.74) is 0.574. The molecular weight excluding hydrogens is 372 g/mol. The topological polar surface area (TPSA) is 114 Å². The van der Waals surface area contributed by atoms with Crippen LogP contribution in [0.4, 0.5) is 11.5 Å². The van der Waals surface area contributed by atoms with Gasteiger partial charge in [-0.2, -0.15) is 0 Å². The zero-order valence-corrected chi connectivity index (χ0v) is 15.8. The van der Waals surface area contributed by atoms with Gasteiger partial charge in [0.05, 0.1) is 15.5 Å². The van der Waals surface area contributed by atoms with Crippen LogP contribution in [0.1, 0.15) is 29.9 Å². The molecule has 0 spiro atoms. The van der Waals surface area contributed by atoms with Crippen LogP contribution >= 0.6 is 11.6 Å². The van der Waals surface area contributed by atoms with Gasteiger partial charge < -0.3 is 10.6 Å². The van der Waals surface area contributed by atoms with E-state index >= 15 is 0 Å². The van der Waals surface area contributed by atoms with E-state index in [1.165, 1.54) is 12.1 Å². The number of nitrogens with zero attached hydrogens (tertiary/aromatic N) is 2. The van der Waals surface area contributed by atoms with Crippen molar-refractivity contribution < 1.29 is 14.5 Å². The lowest BCUT2D eigenvalue weighted by Gasteiger charge is -2.21. The number of hydrogen-bond donors (Lipinski definition) is 2. The summed E-state index contributed by atoms with van der Waals surface area (Å²) in [7, 11) is 0. The summed E-state index contributed by atoms with van der Waals surface area (Å²) in [6.07, 6.45) is 0. The average molecular weight is 391 g/mol. The van der Waals surface area contributed by atoms with Crippen LogP contribution in [0.5, 0.6) is 0 Å². The van der Waals surface area contributed by atoms with E-state index in [2.05, 4.69) is 15.6 Å². The maximum atomic E-state index is 12.6. The summed E-state index contributed by atoms with van der Waals surface area (Å²) in [4.78, 5) is 39.5. The third kappa shape index (κ3) is 5.24. The van der Waals surface area contributed by atoms with Gasteiger partial charge in [-0.25, -0.2) is 4.98 Å². The summed E-state index contributed by atoms with van der Waals surface area (Å²) in [6, 6.07) is 7.90. The molecule has 0 aliphatic carbocycles. The molecule has 1 aromatic carbocycles. The molecule has 8 nitrogen and oxygen atoms in total. The van der Waals surface area contributed by atoms with Crippen LogP contribution in [0.3, 0.4) is 0 Å². The van der Waals surface area contributed by atoms with Gasteiger partial charge in [-0.15, -0.1) is 0 Å². The number of rotatable bonds is 6. The van der Waals surface area contributed by atoms with E-state index in [-0.39, 0.29) is 22.2 Å². The second-order valence-corrected chi connectivity index (χ2v) is 6.68. The van der Waals surface area contributed by atoms with E-state index in [1.54, 1.807) is 39.0 Å². The molecular formula is C18H19ClN4O4. The zero-order valence-electron chi connectivity index (χ0n) is 15.0. The molecule has 1 atom stereocenters. The van der Waals surface area contributed by atoms with Crippen molar-refractivity contribution in [3.8, 4) is 0 Å². The highest BCUT2D eigenvalue weighted by molar-refractivity contribution is 6.34. The van der Waals surface area contributed by atoms with Crippen LogP contribution in [0.2, 0.25) is 5.02 Å². The van der Waals surface area contributed by atoms with E-state index < -0.39 is 22.8 Å². The minimum atomic E-state index is -0.842. The molecule has 0 aliphatic heterocycles. The van der Waals surface area contributed by atoms with E-state index in [0.29, 0.717) is 5.82 Å². The van der Waals surface area contributed by atoms with Crippen LogP contribution < -0.4 is 10.6 Å². The number of aromatic nitrogens is 1. The van der Waals surface area contributed by atoms with Crippen LogP contribution in [-0.4, -0.2) is 27.8 Å². The third-order valence-corrected chi connectivity index (χ3v) is 4.10. The lowest BCUT2D eigenvalue weighted by atomic mass is 10.0. The number of nitro benzene ring substituents is 1. The van der Waals surface area contributed by atoms with Crippen LogP contribution in [0, 0.1) is 23.0 Å². The quantitative estimate of drug-likeness (QED) is 0.579. The fourth-order valence-electron chi connectivity index (χ4n) is 2.37. The molecule has 2 rings (SSSR count). The number of nitro groups is 1. The number of pyridine rings is 1. The van der Waals surface area contributed by atoms with Crippen LogP contribution in [0.25, 0.3) is 0 Å². The summed E-state index contributed by atoms with van der Waals surface area (Å²) < 4.78 is 0. The van der Waals surface area contributed by atoms with E-state index in [9.17, 15) is 19.7 Å². The van der Waals surface area contributed by atoms with Crippen LogP contribution in [0.15, 0.2) is 36.4 Å². The van der Waals surface area contributed by atoms with E-state index in [0.717, 1.165) is 11.8 Å². The van der Waals surface area contributed by atoms with Gasteiger partial charge in [0.15, 0.2) is 0 Å². The highest BCUT2D eigenvalue weighted by Gasteiger charge is 2.26. The highest BCUT2D eigenvalue weighted by atomic mass is 35.5. The van der Waals surface area contributed by atoms with Crippen molar-refractivity contribution in [3.63, 3.8) is 0 Å². The third-order valence-electron chi connectivity index (χ3n) is 3.78. The molecule has 0 radical (unpaired) electrons. The molecule has 1 aromatic heterocycles. The first-order valence-electron chi connectivity index (χ1n) is 8.18. The SMILES string of the molecule is Cc1cccc(NC(=O)[C@@H](NC(=O)c2ccc([N+](=O)[O-])cc2Cl)C(C)C)n1. The predicted octanol–water partition coefficient (Wildman–Crippen LogP) is 3.34. The molecule has 142 valence electrons. The van der Waals surface area contributed by atoms with Crippen molar-refractivity contribution in [1.29, 1.82) is 0 Å². The smallest absolute Gasteiger partial charge is 0.270 e. The maximum absolute atomic E-state index is 12.6. The van der Waals surface area contributed by atoms with Gasteiger partial charge in [-0.05, 0) is 31.0 Å². The summed E-state index contributed by atoms with van der Waals surface area (Å²) in [5, 5.41) is 16.0. The fraction of sp³-hybridized carbons (Fsp3) is 0.278. The molecule has 0 saturated carbocycles. The summed E-state index contributed by atoms with van der Waals surface area (Å²) in [6.45, 7) is 5.37. The Labute approximate surface area is 161 Å². The van der Waals surface area contributed by atoms with Crippen molar-refractivity contribution in [2.75, 3.05) is 5.32 Å². The molecule has 27 heavy (non-hydrogen) atoms. The Morgan fingerprint density at radius 2 is 1.93 bits per heavy atom. The Bertz CT molecular complexity index is 885. The molecule has 0 fully saturated rings. The molecule has 0 bridgehead atoms. The molecule has 2 N–H and O–H groups in total. The number of non-ortho nitro benzene ring substituents is 1. The lowest BCUT2D eigenvalue weighted by Crippen LogP contribution is -2.47. The second kappa shape index (κ2) is 8.59. The maximum Gasteiger partial charge on any atom is 0.270 e. The number of hydrogen-bond acceptors (Lipinski definition) is 5. The number of benzene rings is 1. The van der Waals surface area contributed by atoms with Gasteiger partial charge >= 0.3 is 0 Å². The van der Waals surface area contributed by atoms with Crippen molar-refractivity contribution in [3.05, 3.63) is 62.8 Å². The lowest BCUT2D eigenvalue weighted by molar-refractivity contribution is -0.384.